The fraction of sp³-hybridized carbons (Fsp3) is 0.190. The number of carbonyl (C=O) groups excluding carboxylic acids is 1. The Kier molecular flexibility index (Phi) is 4.13. The second kappa shape index (κ2) is 6.59. The number of hydrogen-bond acceptors (Lipinski definition) is 4. The maximum absolute atomic E-state index is 12.5. The van der Waals surface area contributed by atoms with Crippen molar-refractivity contribution in [2.45, 2.75) is 26.2 Å². The van der Waals surface area contributed by atoms with E-state index in [4.69, 9.17) is 15.7 Å². The third kappa shape index (κ3) is 2.92. The molecule has 26 heavy (non-hydrogen) atoms. The van der Waals surface area contributed by atoms with Crippen molar-refractivity contribution in [2.75, 3.05) is 11.1 Å². The predicted molar refractivity (Wildman–Crippen MR) is 103 cm³/mol. The topological polar surface area (TPSA) is 80.9 Å². The van der Waals surface area contributed by atoms with Crippen molar-refractivity contribution in [1.82, 2.24) is 9.97 Å². The largest absolute Gasteiger partial charge is 0.399 e. The van der Waals surface area contributed by atoms with Crippen molar-refractivity contribution in [2.24, 2.45) is 0 Å². The van der Waals surface area contributed by atoms with E-state index in [-0.39, 0.29) is 5.91 Å². The van der Waals surface area contributed by atoms with Crippen molar-refractivity contribution in [3.05, 3.63) is 71.0 Å². The number of carbonyl (C=O) groups is 1. The van der Waals surface area contributed by atoms with E-state index in [9.17, 15) is 4.79 Å². The van der Waals surface area contributed by atoms with E-state index in [1.807, 2.05) is 43.3 Å². The van der Waals surface area contributed by atoms with E-state index >= 15 is 0 Å². The molecule has 0 saturated carbocycles. The molecule has 130 valence electrons. The van der Waals surface area contributed by atoms with Gasteiger partial charge in [-0.3, -0.25) is 4.79 Å². The van der Waals surface area contributed by atoms with Gasteiger partial charge in [-0.2, -0.15) is 0 Å². The lowest BCUT2D eigenvalue weighted by molar-refractivity contribution is 0.102. The maximum Gasteiger partial charge on any atom is 0.256 e. The Labute approximate surface area is 152 Å². The van der Waals surface area contributed by atoms with Crippen LogP contribution in [0.15, 0.2) is 48.5 Å². The van der Waals surface area contributed by atoms with Crippen LogP contribution in [0.2, 0.25) is 0 Å². The summed E-state index contributed by atoms with van der Waals surface area (Å²) in [5.41, 5.74) is 12.2. The average Bonchev–Trinajstić information content (AvgIpc) is 2.67. The van der Waals surface area contributed by atoms with Crippen molar-refractivity contribution in [3.8, 4) is 11.3 Å². The molecule has 3 N–H and O–H groups in total. The number of hydrogen-bond donors (Lipinski definition) is 2. The number of aryl methyl sites for hydroxylation is 3. The summed E-state index contributed by atoms with van der Waals surface area (Å²) in [6.45, 7) is 2.02. The lowest BCUT2D eigenvalue weighted by Crippen LogP contribution is -2.18. The van der Waals surface area contributed by atoms with Crippen LogP contribution in [0.4, 0.5) is 11.5 Å². The molecule has 0 saturated heterocycles. The molecule has 3 aromatic rings. The molecule has 0 fully saturated rings. The highest BCUT2D eigenvalue weighted by molar-refractivity contribution is 6.04. The molecule has 1 aliphatic carbocycles. The second-order valence-electron chi connectivity index (χ2n) is 6.40. The first-order valence-electron chi connectivity index (χ1n) is 8.80. The molecule has 2 aromatic carbocycles. The van der Waals surface area contributed by atoms with E-state index in [2.05, 4.69) is 5.32 Å². The van der Waals surface area contributed by atoms with Crippen molar-refractivity contribution in [3.63, 3.8) is 0 Å². The van der Waals surface area contributed by atoms with Crippen LogP contribution in [0, 0.1) is 0 Å². The molecule has 0 radical (unpaired) electrons. The van der Waals surface area contributed by atoms with Crippen LogP contribution in [0.1, 0.15) is 34.2 Å². The summed E-state index contributed by atoms with van der Waals surface area (Å²) in [5, 5.41) is 2.93. The smallest absolute Gasteiger partial charge is 0.256 e. The summed E-state index contributed by atoms with van der Waals surface area (Å²) in [6, 6.07) is 15.1. The van der Waals surface area contributed by atoms with Gasteiger partial charge >= 0.3 is 0 Å². The zero-order valence-corrected chi connectivity index (χ0v) is 14.6. The maximum atomic E-state index is 12.5. The fourth-order valence-electron chi connectivity index (χ4n) is 3.32. The van der Waals surface area contributed by atoms with E-state index in [1.165, 1.54) is 5.56 Å². The number of nitrogen functional groups attached to an aromatic ring is 1. The van der Waals surface area contributed by atoms with Gasteiger partial charge in [0, 0.05) is 16.8 Å². The number of rotatable bonds is 3. The summed E-state index contributed by atoms with van der Waals surface area (Å²) in [5.74, 6) is 0.387. The zero-order valence-electron chi connectivity index (χ0n) is 14.6. The van der Waals surface area contributed by atoms with Crippen molar-refractivity contribution >= 4 is 17.4 Å². The Hall–Kier alpha value is -3.21. The van der Waals surface area contributed by atoms with E-state index in [0.29, 0.717) is 17.8 Å². The number of anilines is 2. The Morgan fingerprint density at radius 1 is 1.12 bits per heavy atom. The molecule has 4 rings (SSSR count). The van der Waals surface area contributed by atoms with Gasteiger partial charge in [0.05, 0.1) is 17.1 Å². The first-order valence-corrected chi connectivity index (χ1v) is 8.80. The highest BCUT2D eigenvalue weighted by Crippen LogP contribution is 2.33. The molecule has 5 heteroatoms. The van der Waals surface area contributed by atoms with Crippen LogP contribution in [0.25, 0.3) is 11.3 Å². The molecular formula is C21H20N4O. The fourth-order valence-corrected chi connectivity index (χ4v) is 3.32. The molecule has 0 unspecified atom stereocenters. The minimum absolute atomic E-state index is 0.168. The Bertz CT molecular complexity index is 983. The van der Waals surface area contributed by atoms with Crippen LogP contribution >= 0.6 is 0 Å². The highest BCUT2D eigenvalue weighted by atomic mass is 16.1. The van der Waals surface area contributed by atoms with Crippen LogP contribution in [-0.2, 0) is 19.3 Å². The van der Waals surface area contributed by atoms with Gasteiger partial charge in [-0.05, 0) is 49.1 Å². The summed E-state index contributed by atoms with van der Waals surface area (Å²) in [7, 11) is 0. The molecule has 1 amide bonds. The monoisotopic (exact) mass is 344 g/mol. The molecular weight excluding hydrogens is 324 g/mol. The normalized spacial score (nSPS) is 12.2. The lowest BCUT2D eigenvalue weighted by atomic mass is 9.91. The molecule has 0 bridgehead atoms. The number of fused-ring (bicyclic) bond motifs is 3. The van der Waals surface area contributed by atoms with Crippen LogP contribution < -0.4 is 11.1 Å². The predicted octanol–water partition coefficient (Wildman–Crippen LogP) is 3.64. The number of benzene rings is 2. The highest BCUT2D eigenvalue weighted by Gasteiger charge is 2.22. The molecule has 0 aliphatic heterocycles. The van der Waals surface area contributed by atoms with E-state index in [0.717, 1.165) is 41.2 Å². The van der Waals surface area contributed by atoms with Gasteiger partial charge in [0.1, 0.15) is 0 Å². The number of nitrogens with zero attached hydrogens (tertiary/aromatic N) is 2. The van der Waals surface area contributed by atoms with Gasteiger partial charge in [0.25, 0.3) is 5.91 Å². The van der Waals surface area contributed by atoms with Gasteiger partial charge in [0.2, 0.25) is 0 Å². The van der Waals surface area contributed by atoms with E-state index < -0.39 is 0 Å². The molecule has 0 atom stereocenters. The zero-order chi connectivity index (χ0) is 18.1. The van der Waals surface area contributed by atoms with Crippen LogP contribution in [0.5, 0.6) is 0 Å². The Balaban J connectivity index is 1.72. The standard InChI is InChI=1S/C21H20N4O/c1-2-17-20(25-21(26)13-6-4-3-5-7-13)24-18-11-8-14-12-15(22)9-10-16(14)19(18)23-17/h3-7,9-10,12H,2,8,11,22H2,1H3,(H,24,25,26). The number of aromatic nitrogens is 2. The summed E-state index contributed by atoms with van der Waals surface area (Å²) < 4.78 is 0. The summed E-state index contributed by atoms with van der Waals surface area (Å²) in [6.07, 6.45) is 2.35. The summed E-state index contributed by atoms with van der Waals surface area (Å²) in [4.78, 5) is 22.1. The van der Waals surface area contributed by atoms with Gasteiger partial charge in [-0.25, -0.2) is 9.97 Å². The van der Waals surface area contributed by atoms with Gasteiger partial charge in [-0.1, -0.05) is 31.2 Å². The molecule has 0 spiro atoms. The van der Waals surface area contributed by atoms with E-state index in [1.54, 1.807) is 12.1 Å². The average molecular weight is 344 g/mol. The SMILES string of the molecule is CCc1nc2c(nc1NC(=O)c1ccccc1)CCc1cc(N)ccc1-2. The molecule has 1 heterocycles. The summed E-state index contributed by atoms with van der Waals surface area (Å²) >= 11 is 0. The van der Waals surface area contributed by atoms with Gasteiger partial charge < -0.3 is 11.1 Å². The van der Waals surface area contributed by atoms with Crippen LogP contribution in [-0.4, -0.2) is 15.9 Å². The van der Waals surface area contributed by atoms with Gasteiger partial charge in [0.15, 0.2) is 5.82 Å². The number of amides is 1. The minimum Gasteiger partial charge on any atom is -0.399 e. The first kappa shape index (κ1) is 16.3. The number of nitrogens with two attached hydrogens (primary N) is 1. The molecule has 1 aromatic heterocycles. The quantitative estimate of drug-likeness (QED) is 0.711. The minimum atomic E-state index is -0.168. The molecule has 5 nitrogen and oxygen atoms in total. The van der Waals surface area contributed by atoms with Crippen molar-refractivity contribution < 1.29 is 4.79 Å². The lowest BCUT2D eigenvalue weighted by Gasteiger charge is -2.21. The third-order valence-corrected chi connectivity index (χ3v) is 4.66. The molecule has 1 aliphatic rings. The van der Waals surface area contributed by atoms with Crippen LogP contribution in [0.3, 0.4) is 0 Å². The second-order valence-corrected chi connectivity index (χ2v) is 6.40. The Morgan fingerprint density at radius 2 is 1.92 bits per heavy atom. The third-order valence-electron chi connectivity index (χ3n) is 4.66. The number of nitrogens with one attached hydrogen (secondary N) is 1. The van der Waals surface area contributed by atoms with Crippen molar-refractivity contribution in [1.29, 1.82) is 0 Å². The van der Waals surface area contributed by atoms with Gasteiger partial charge in [-0.15, -0.1) is 0 Å². The Morgan fingerprint density at radius 3 is 2.69 bits per heavy atom. The first-order chi connectivity index (χ1) is 12.7.